The predicted octanol–water partition coefficient (Wildman–Crippen LogP) is 2.81. The summed E-state index contributed by atoms with van der Waals surface area (Å²) >= 11 is 0. The standard InChI is InChI=1S/C24H37N3O6/c1-16(2)13-19(26-22(30)32-15-17-9-7-6-8-10-17)21(29)25-18-11-12-27(14-20(18)28)23(31)33-24(3,4)5/h6-10,16,18-20,28H,11-15H2,1-5H3,(H,25,29)(H,26,30)/t18?,19-,20?/m0/s1. The zero-order valence-electron chi connectivity index (χ0n) is 20.2. The fourth-order valence-electron chi connectivity index (χ4n) is 3.49. The average Bonchev–Trinajstić information content (AvgIpc) is 2.72. The van der Waals surface area contributed by atoms with Crippen molar-refractivity contribution in [2.75, 3.05) is 13.1 Å². The maximum atomic E-state index is 12.9. The molecule has 2 rings (SSSR count). The molecule has 3 atom stereocenters. The van der Waals surface area contributed by atoms with Gasteiger partial charge in [-0.25, -0.2) is 9.59 Å². The van der Waals surface area contributed by atoms with Gasteiger partial charge in [-0.05, 0) is 45.1 Å². The van der Waals surface area contributed by atoms with Crippen LogP contribution in [-0.2, 0) is 20.9 Å². The summed E-state index contributed by atoms with van der Waals surface area (Å²) in [6.45, 7) is 9.74. The molecule has 0 radical (unpaired) electrons. The van der Waals surface area contributed by atoms with Crippen LogP contribution in [0.1, 0.15) is 53.0 Å². The van der Waals surface area contributed by atoms with Crippen molar-refractivity contribution < 1.29 is 29.0 Å². The summed E-state index contributed by atoms with van der Waals surface area (Å²) in [5.41, 5.74) is 0.218. The molecule has 2 unspecified atom stereocenters. The Morgan fingerprint density at radius 1 is 1.18 bits per heavy atom. The van der Waals surface area contributed by atoms with Crippen molar-refractivity contribution in [2.24, 2.45) is 5.92 Å². The number of piperidine rings is 1. The molecule has 184 valence electrons. The van der Waals surface area contributed by atoms with Gasteiger partial charge in [0.2, 0.25) is 5.91 Å². The average molecular weight is 464 g/mol. The van der Waals surface area contributed by atoms with Crippen molar-refractivity contribution >= 4 is 18.1 Å². The third-order valence-corrected chi connectivity index (χ3v) is 5.09. The minimum absolute atomic E-state index is 0.0568. The first-order valence-corrected chi connectivity index (χ1v) is 11.4. The van der Waals surface area contributed by atoms with Crippen LogP contribution in [0.4, 0.5) is 9.59 Å². The lowest BCUT2D eigenvalue weighted by molar-refractivity contribution is -0.125. The van der Waals surface area contributed by atoms with Gasteiger partial charge in [0.05, 0.1) is 18.7 Å². The van der Waals surface area contributed by atoms with Crippen molar-refractivity contribution in [3.05, 3.63) is 35.9 Å². The number of rotatable bonds is 7. The zero-order valence-corrected chi connectivity index (χ0v) is 20.2. The lowest BCUT2D eigenvalue weighted by Gasteiger charge is -2.37. The molecule has 1 saturated heterocycles. The second-order valence-electron chi connectivity index (χ2n) is 9.79. The molecule has 0 aliphatic carbocycles. The van der Waals surface area contributed by atoms with E-state index < -0.39 is 41.9 Å². The van der Waals surface area contributed by atoms with Crippen LogP contribution in [-0.4, -0.2) is 65.0 Å². The number of aliphatic hydroxyl groups excluding tert-OH is 1. The van der Waals surface area contributed by atoms with Crippen molar-refractivity contribution in [1.82, 2.24) is 15.5 Å². The normalized spacial score (nSPS) is 19.5. The van der Waals surface area contributed by atoms with Crippen molar-refractivity contribution in [3.8, 4) is 0 Å². The molecule has 1 aliphatic heterocycles. The Morgan fingerprint density at radius 3 is 2.42 bits per heavy atom. The van der Waals surface area contributed by atoms with Crippen LogP contribution in [0.15, 0.2) is 30.3 Å². The lowest BCUT2D eigenvalue weighted by Crippen LogP contribution is -2.58. The van der Waals surface area contributed by atoms with E-state index in [1.54, 1.807) is 20.8 Å². The first-order valence-electron chi connectivity index (χ1n) is 11.4. The molecule has 0 spiro atoms. The molecule has 1 aromatic rings. The van der Waals surface area contributed by atoms with Gasteiger partial charge < -0.3 is 30.1 Å². The molecule has 9 nitrogen and oxygen atoms in total. The Morgan fingerprint density at radius 2 is 1.85 bits per heavy atom. The number of aliphatic hydroxyl groups is 1. The van der Waals surface area contributed by atoms with E-state index in [4.69, 9.17) is 9.47 Å². The highest BCUT2D eigenvalue weighted by molar-refractivity contribution is 5.86. The number of nitrogens with one attached hydrogen (secondary N) is 2. The summed E-state index contributed by atoms with van der Waals surface area (Å²) in [5, 5.41) is 16.0. The van der Waals surface area contributed by atoms with E-state index in [0.29, 0.717) is 19.4 Å². The van der Waals surface area contributed by atoms with Gasteiger partial charge in [-0.2, -0.15) is 0 Å². The Hall–Kier alpha value is -2.81. The van der Waals surface area contributed by atoms with Crippen LogP contribution in [0.25, 0.3) is 0 Å². The molecule has 0 bridgehead atoms. The monoisotopic (exact) mass is 463 g/mol. The van der Waals surface area contributed by atoms with Gasteiger partial charge >= 0.3 is 12.2 Å². The molecule has 1 aliphatic rings. The minimum Gasteiger partial charge on any atom is -0.445 e. The van der Waals surface area contributed by atoms with Gasteiger partial charge in [0.25, 0.3) is 0 Å². The van der Waals surface area contributed by atoms with Gasteiger partial charge in [0.1, 0.15) is 18.2 Å². The smallest absolute Gasteiger partial charge is 0.410 e. The van der Waals surface area contributed by atoms with Crippen LogP contribution in [0.5, 0.6) is 0 Å². The molecule has 1 aromatic carbocycles. The summed E-state index contributed by atoms with van der Waals surface area (Å²) < 4.78 is 10.6. The van der Waals surface area contributed by atoms with Crippen LogP contribution >= 0.6 is 0 Å². The Bertz CT molecular complexity index is 793. The summed E-state index contributed by atoms with van der Waals surface area (Å²) in [6.07, 6.45) is -1.33. The number of β-amino-alcohol motifs (C(OH)–C–C–N with tert-alkyl or cyclic N) is 1. The fourth-order valence-corrected chi connectivity index (χ4v) is 3.49. The second kappa shape index (κ2) is 11.9. The van der Waals surface area contributed by atoms with E-state index in [2.05, 4.69) is 10.6 Å². The molecule has 0 saturated carbocycles. The van der Waals surface area contributed by atoms with Gasteiger partial charge in [0, 0.05) is 6.54 Å². The molecule has 9 heteroatoms. The number of nitrogens with zero attached hydrogens (tertiary/aromatic N) is 1. The Kier molecular flexibility index (Phi) is 9.52. The van der Waals surface area contributed by atoms with Crippen molar-refractivity contribution in [2.45, 2.75) is 77.9 Å². The first-order chi connectivity index (χ1) is 15.4. The summed E-state index contributed by atoms with van der Waals surface area (Å²) in [6, 6.07) is 7.93. The number of amides is 3. The van der Waals surface area contributed by atoms with Crippen LogP contribution < -0.4 is 10.6 Å². The largest absolute Gasteiger partial charge is 0.445 e. The van der Waals surface area contributed by atoms with Crippen LogP contribution in [0, 0.1) is 5.92 Å². The van der Waals surface area contributed by atoms with E-state index in [9.17, 15) is 19.5 Å². The summed E-state index contributed by atoms with van der Waals surface area (Å²) in [4.78, 5) is 38.9. The number of hydrogen-bond donors (Lipinski definition) is 3. The molecule has 33 heavy (non-hydrogen) atoms. The highest BCUT2D eigenvalue weighted by Crippen LogP contribution is 2.17. The van der Waals surface area contributed by atoms with Crippen LogP contribution in [0.3, 0.4) is 0 Å². The third-order valence-electron chi connectivity index (χ3n) is 5.09. The van der Waals surface area contributed by atoms with E-state index in [-0.39, 0.29) is 19.1 Å². The predicted molar refractivity (Wildman–Crippen MR) is 123 cm³/mol. The van der Waals surface area contributed by atoms with Gasteiger partial charge in [-0.1, -0.05) is 44.2 Å². The number of carbonyl (C=O) groups is 3. The number of benzene rings is 1. The fraction of sp³-hybridized carbons (Fsp3) is 0.625. The third kappa shape index (κ3) is 9.29. The van der Waals surface area contributed by atoms with Crippen molar-refractivity contribution in [3.63, 3.8) is 0 Å². The number of hydrogen-bond acceptors (Lipinski definition) is 6. The first kappa shape index (κ1) is 26.4. The minimum atomic E-state index is -0.944. The van der Waals surface area contributed by atoms with Crippen molar-refractivity contribution in [1.29, 1.82) is 0 Å². The highest BCUT2D eigenvalue weighted by Gasteiger charge is 2.34. The van der Waals surface area contributed by atoms with E-state index in [1.165, 1.54) is 4.90 Å². The Labute approximate surface area is 195 Å². The molecule has 1 heterocycles. The summed E-state index contributed by atoms with van der Waals surface area (Å²) in [5.74, 6) is -0.246. The topological polar surface area (TPSA) is 117 Å². The van der Waals surface area contributed by atoms with E-state index >= 15 is 0 Å². The maximum absolute atomic E-state index is 12.9. The van der Waals surface area contributed by atoms with Gasteiger partial charge in [-0.3, -0.25) is 4.79 Å². The van der Waals surface area contributed by atoms with E-state index in [1.807, 2.05) is 44.2 Å². The SMILES string of the molecule is CC(C)C[C@H](NC(=O)OCc1ccccc1)C(=O)NC1CCN(C(=O)OC(C)(C)C)CC1O. The number of likely N-dealkylation sites (tertiary alicyclic amines) is 1. The highest BCUT2D eigenvalue weighted by atomic mass is 16.6. The van der Waals surface area contributed by atoms with Crippen LogP contribution in [0.2, 0.25) is 0 Å². The Balaban J connectivity index is 1.89. The quantitative estimate of drug-likeness (QED) is 0.572. The molecule has 1 fully saturated rings. The molecule has 3 N–H and O–H groups in total. The van der Waals surface area contributed by atoms with E-state index in [0.717, 1.165) is 5.56 Å². The second-order valence-corrected chi connectivity index (χ2v) is 9.79. The number of carbonyl (C=O) groups excluding carboxylic acids is 3. The lowest BCUT2D eigenvalue weighted by atomic mass is 9.99. The number of ether oxygens (including phenoxy) is 2. The number of alkyl carbamates (subject to hydrolysis) is 1. The molecular weight excluding hydrogens is 426 g/mol. The molecule has 3 amide bonds. The summed E-state index contributed by atoms with van der Waals surface area (Å²) in [7, 11) is 0. The molecule has 0 aromatic heterocycles. The van der Waals surface area contributed by atoms with Gasteiger partial charge in [-0.15, -0.1) is 0 Å². The zero-order chi connectivity index (χ0) is 24.6. The molecular formula is C24H37N3O6. The maximum Gasteiger partial charge on any atom is 0.410 e. The van der Waals surface area contributed by atoms with Gasteiger partial charge in [0.15, 0.2) is 0 Å².